The molecule has 1 aliphatic rings. The van der Waals surface area contributed by atoms with Gasteiger partial charge in [-0.05, 0) is 121 Å². The second kappa shape index (κ2) is 14.0. The molecule has 0 N–H and O–H groups in total. The normalized spacial score (nSPS) is 12.7. The Morgan fingerprint density at radius 2 is 0.831 bits per heavy atom. The van der Waals surface area contributed by atoms with E-state index in [4.69, 9.17) is 0 Å². The lowest BCUT2D eigenvalue weighted by molar-refractivity contribution is 1.29. The molecule has 1 heterocycles. The molecule has 0 radical (unpaired) electrons. The summed E-state index contributed by atoms with van der Waals surface area (Å²) >= 11 is 0. The fraction of sp³-hybridized carbons (Fsp3) is 0.0357. The number of hydrogen-bond acceptors (Lipinski definition) is 2. The monoisotopic (exact) mass is 770 g/mol. The topological polar surface area (TPSA) is 6.48 Å². The van der Waals surface area contributed by atoms with Crippen molar-refractivity contribution in [1.82, 2.24) is 0 Å². The molecule has 0 unspecified atom stereocenters. The molecule has 0 aliphatic carbocycles. The molecule has 2 nitrogen and oxygen atoms in total. The van der Waals surface area contributed by atoms with Crippen LogP contribution >= 0.6 is 0 Å². The molecular weight excluding hydrogens is 729 g/mol. The van der Waals surface area contributed by atoms with E-state index in [9.17, 15) is 0 Å². The molecule has 3 heteroatoms. The highest BCUT2D eigenvalue weighted by Gasteiger charge is 2.37. The van der Waals surface area contributed by atoms with E-state index in [0.29, 0.717) is 0 Å². The van der Waals surface area contributed by atoms with Crippen molar-refractivity contribution in [3.63, 3.8) is 0 Å². The summed E-state index contributed by atoms with van der Waals surface area (Å²) in [4.78, 5) is 4.87. The molecule has 0 saturated heterocycles. The van der Waals surface area contributed by atoms with Crippen LogP contribution in [0.3, 0.4) is 0 Å². The van der Waals surface area contributed by atoms with Crippen molar-refractivity contribution in [3.8, 4) is 22.3 Å². The maximum atomic E-state index is 2.54. The fourth-order valence-electron chi connectivity index (χ4n) is 9.64. The fourth-order valence-corrected chi connectivity index (χ4v) is 12.7. The minimum Gasteiger partial charge on any atom is -0.310 e. The molecule has 280 valence electrons. The van der Waals surface area contributed by atoms with Crippen LogP contribution in [0.2, 0.25) is 13.1 Å². The molecule has 0 saturated carbocycles. The van der Waals surface area contributed by atoms with Crippen LogP contribution in [0.15, 0.2) is 218 Å². The lowest BCUT2D eigenvalue weighted by atomic mass is 9.89. The predicted octanol–water partition coefficient (Wildman–Crippen LogP) is 14.6. The minimum absolute atomic E-state index is 1.14. The van der Waals surface area contributed by atoms with Gasteiger partial charge in [-0.25, -0.2) is 0 Å². The van der Waals surface area contributed by atoms with Gasteiger partial charge in [0.05, 0.1) is 11.4 Å². The summed E-state index contributed by atoms with van der Waals surface area (Å²) in [5.74, 6) is 0. The number of fused-ring (bicyclic) bond motifs is 6. The number of benzene rings is 10. The molecule has 0 spiro atoms. The Morgan fingerprint density at radius 1 is 0.305 bits per heavy atom. The second-order valence-electron chi connectivity index (χ2n) is 16.1. The molecule has 0 aromatic heterocycles. The summed E-state index contributed by atoms with van der Waals surface area (Å²) in [6.07, 6.45) is 0. The summed E-state index contributed by atoms with van der Waals surface area (Å²) in [6, 6.07) is 80.2. The van der Waals surface area contributed by atoms with E-state index < -0.39 is 8.07 Å². The third-order valence-corrected chi connectivity index (χ3v) is 15.9. The third kappa shape index (κ3) is 5.69. The first kappa shape index (κ1) is 35.0. The number of rotatable bonds is 7. The molecule has 0 bridgehead atoms. The Hall–Kier alpha value is -7.20. The first-order valence-corrected chi connectivity index (χ1v) is 23.5. The number of nitrogens with zero attached hydrogens (tertiary/aromatic N) is 2. The number of anilines is 6. The molecule has 0 atom stereocenters. The molecule has 10 aromatic carbocycles. The highest BCUT2D eigenvalue weighted by atomic mass is 28.3. The number of hydrogen-bond donors (Lipinski definition) is 0. The van der Waals surface area contributed by atoms with Crippen molar-refractivity contribution in [2.75, 3.05) is 9.80 Å². The van der Waals surface area contributed by atoms with Crippen LogP contribution in [0.1, 0.15) is 0 Å². The van der Waals surface area contributed by atoms with Crippen molar-refractivity contribution >= 4 is 84.9 Å². The van der Waals surface area contributed by atoms with Crippen LogP contribution in [0.4, 0.5) is 34.1 Å². The Balaban J connectivity index is 1.16. The van der Waals surface area contributed by atoms with Crippen molar-refractivity contribution in [3.05, 3.63) is 218 Å². The Morgan fingerprint density at radius 3 is 1.49 bits per heavy atom. The maximum Gasteiger partial charge on any atom is 0.113 e. The van der Waals surface area contributed by atoms with Gasteiger partial charge < -0.3 is 9.80 Å². The van der Waals surface area contributed by atoms with Gasteiger partial charge in [-0.3, -0.25) is 0 Å². The summed E-state index contributed by atoms with van der Waals surface area (Å²) < 4.78 is 0. The van der Waals surface area contributed by atoms with Gasteiger partial charge >= 0.3 is 0 Å². The van der Waals surface area contributed by atoms with Crippen molar-refractivity contribution < 1.29 is 0 Å². The quantitative estimate of drug-likeness (QED) is 0.118. The van der Waals surface area contributed by atoms with Gasteiger partial charge in [-0.2, -0.15) is 0 Å². The molecule has 11 rings (SSSR count). The highest BCUT2D eigenvalue weighted by Crippen LogP contribution is 2.47. The zero-order valence-electron chi connectivity index (χ0n) is 33.2. The maximum absolute atomic E-state index is 2.54. The van der Waals surface area contributed by atoms with Crippen LogP contribution in [0.25, 0.3) is 54.6 Å². The van der Waals surface area contributed by atoms with E-state index in [-0.39, 0.29) is 0 Å². The minimum atomic E-state index is -2.24. The SMILES string of the molecule is C[Si]1(C)c2cc(N(c3ccccc3)c3ccccc3-c3ccccc3)ccc2-c2cc3c4ccccc4c(N(c4ccccc4)c4ccccc4)cc3c3cccc1c23. The first-order chi connectivity index (χ1) is 29.1. The zero-order chi connectivity index (χ0) is 39.5. The third-order valence-electron chi connectivity index (χ3n) is 12.4. The Bertz CT molecular complexity index is 3140. The summed E-state index contributed by atoms with van der Waals surface area (Å²) in [6.45, 7) is 5.08. The molecule has 10 aromatic rings. The van der Waals surface area contributed by atoms with Gasteiger partial charge in [0.25, 0.3) is 0 Å². The van der Waals surface area contributed by atoms with Crippen LogP contribution in [-0.4, -0.2) is 8.07 Å². The zero-order valence-corrected chi connectivity index (χ0v) is 34.2. The Kier molecular flexibility index (Phi) is 8.31. The van der Waals surface area contributed by atoms with E-state index in [1.165, 1.54) is 76.3 Å². The lowest BCUT2D eigenvalue weighted by Crippen LogP contribution is -2.56. The molecule has 59 heavy (non-hydrogen) atoms. The average molecular weight is 771 g/mol. The highest BCUT2D eigenvalue weighted by molar-refractivity contribution is 7.03. The standard InChI is InChI=1S/C56H42N2Si/c1-59(2)54-33-19-31-48-50-38-53(57(40-22-9-4-10-23-40)41-24-11-5-12-25-41)46-30-16-15-29-45(46)49(50)37-51(56(48)54)47-35-34-43(36-55(47)59)58(42-26-13-6-14-27-42)52-32-18-17-28-44(52)39-20-7-3-8-21-39/h3-38H,1-2H3. The molecular formula is C56H42N2Si. The van der Waals surface area contributed by atoms with E-state index in [0.717, 1.165) is 22.7 Å². The summed E-state index contributed by atoms with van der Waals surface area (Å²) in [7, 11) is -2.24. The molecule has 1 aliphatic heterocycles. The van der Waals surface area contributed by atoms with Gasteiger partial charge in [-0.1, -0.05) is 165 Å². The summed E-state index contributed by atoms with van der Waals surface area (Å²) in [5, 5.41) is 10.7. The van der Waals surface area contributed by atoms with Crippen LogP contribution in [0, 0.1) is 0 Å². The van der Waals surface area contributed by atoms with Gasteiger partial charge in [-0.15, -0.1) is 0 Å². The molecule has 0 amide bonds. The lowest BCUT2D eigenvalue weighted by Gasteiger charge is -2.36. The van der Waals surface area contributed by atoms with Crippen LogP contribution in [-0.2, 0) is 0 Å². The smallest absolute Gasteiger partial charge is 0.113 e. The largest absolute Gasteiger partial charge is 0.310 e. The summed E-state index contributed by atoms with van der Waals surface area (Å²) in [5.41, 5.74) is 12.0. The van der Waals surface area contributed by atoms with E-state index in [1.807, 2.05) is 0 Å². The van der Waals surface area contributed by atoms with E-state index >= 15 is 0 Å². The predicted molar refractivity (Wildman–Crippen MR) is 256 cm³/mol. The van der Waals surface area contributed by atoms with Crippen molar-refractivity contribution in [2.45, 2.75) is 13.1 Å². The van der Waals surface area contributed by atoms with E-state index in [2.05, 4.69) is 241 Å². The van der Waals surface area contributed by atoms with Gasteiger partial charge in [0.2, 0.25) is 0 Å². The van der Waals surface area contributed by atoms with Crippen LogP contribution < -0.4 is 20.2 Å². The average Bonchev–Trinajstić information content (AvgIpc) is 3.30. The van der Waals surface area contributed by atoms with E-state index in [1.54, 1.807) is 0 Å². The van der Waals surface area contributed by atoms with Gasteiger partial charge in [0.1, 0.15) is 8.07 Å². The van der Waals surface area contributed by atoms with Crippen molar-refractivity contribution in [2.24, 2.45) is 0 Å². The molecule has 0 fully saturated rings. The Labute approximate surface area is 346 Å². The van der Waals surface area contributed by atoms with Crippen molar-refractivity contribution in [1.29, 1.82) is 0 Å². The van der Waals surface area contributed by atoms with Crippen LogP contribution in [0.5, 0.6) is 0 Å². The van der Waals surface area contributed by atoms with Gasteiger partial charge in [0.15, 0.2) is 0 Å². The number of para-hydroxylation sites is 4. The van der Waals surface area contributed by atoms with Gasteiger partial charge in [0, 0.05) is 33.7 Å². The first-order valence-electron chi connectivity index (χ1n) is 20.5. The second-order valence-corrected chi connectivity index (χ2v) is 20.4.